The smallest absolute Gasteiger partial charge is 0.346 e. The van der Waals surface area contributed by atoms with Gasteiger partial charge in [0.15, 0.2) is 0 Å². The summed E-state index contributed by atoms with van der Waals surface area (Å²) < 4.78 is 2.18. The first kappa shape index (κ1) is 12.6. The highest BCUT2D eigenvalue weighted by molar-refractivity contribution is 7.07. The van der Waals surface area contributed by atoms with E-state index in [9.17, 15) is 9.59 Å². The van der Waals surface area contributed by atoms with Crippen LogP contribution in [0.4, 0.5) is 5.82 Å². The molecule has 0 aromatic carbocycles. The maximum absolute atomic E-state index is 11.9. The minimum atomic E-state index is -0.436. The topological polar surface area (TPSA) is 68.9 Å². The lowest BCUT2D eigenvalue weighted by atomic mass is 10.2. The molecule has 0 spiro atoms. The van der Waals surface area contributed by atoms with E-state index in [2.05, 4.69) is 10.4 Å². The number of hydrogen-bond donors (Lipinski definition) is 1. The Morgan fingerprint density at radius 3 is 2.72 bits per heavy atom. The molecule has 1 atom stereocenters. The Hall–Kier alpha value is -1.89. The van der Waals surface area contributed by atoms with E-state index in [0.29, 0.717) is 0 Å². The van der Waals surface area contributed by atoms with Crippen LogP contribution in [0.15, 0.2) is 26.4 Å². The van der Waals surface area contributed by atoms with Gasteiger partial charge in [-0.05, 0) is 29.3 Å². The summed E-state index contributed by atoms with van der Waals surface area (Å²) in [7, 11) is 2.95. The Balaban J connectivity index is 2.36. The lowest BCUT2D eigenvalue weighted by molar-refractivity contribution is 0.601. The summed E-state index contributed by atoms with van der Waals surface area (Å²) in [6.07, 6.45) is 0. The molecule has 0 aliphatic heterocycles. The molecular formula is C11H14N4O2S. The number of thiophene rings is 1. The molecule has 2 aromatic rings. The third kappa shape index (κ3) is 2.21. The molecule has 0 saturated heterocycles. The number of aromatic nitrogens is 3. The number of aryl methyl sites for hydroxylation is 1. The number of anilines is 1. The molecular weight excluding hydrogens is 252 g/mol. The van der Waals surface area contributed by atoms with Crippen molar-refractivity contribution in [3.05, 3.63) is 43.2 Å². The molecule has 0 fully saturated rings. The normalized spacial score (nSPS) is 12.4. The van der Waals surface area contributed by atoms with Gasteiger partial charge in [-0.3, -0.25) is 9.36 Å². The standard InChI is InChI=1S/C11H14N4O2S/c1-7(8-4-5-18-6-8)12-9-10(16)14(2)11(17)15(3)13-9/h4-7H,1-3H3,(H,12,13). The van der Waals surface area contributed by atoms with E-state index in [1.54, 1.807) is 11.3 Å². The van der Waals surface area contributed by atoms with E-state index in [-0.39, 0.29) is 11.9 Å². The second kappa shape index (κ2) is 4.77. The van der Waals surface area contributed by atoms with Crippen LogP contribution in [0.5, 0.6) is 0 Å². The largest absolute Gasteiger partial charge is 0.357 e. The molecule has 2 aromatic heterocycles. The summed E-state index contributed by atoms with van der Waals surface area (Å²) >= 11 is 1.59. The van der Waals surface area contributed by atoms with Crippen LogP contribution in [0.3, 0.4) is 0 Å². The van der Waals surface area contributed by atoms with Gasteiger partial charge in [0, 0.05) is 14.1 Å². The summed E-state index contributed by atoms with van der Waals surface area (Å²) in [6.45, 7) is 1.94. The Morgan fingerprint density at radius 2 is 2.11 bits per heavy atom. The van der Waals surface area contributed by atoms with E-state index < -0.39 is 11.2 Å². The van der Waals surface area contributed by atoms with Gasteiger partial charge in [-0.15, -0.1) is 5.10 Å². The molecule has 0 radical (unpaired) electrons. The van der Waals surface area contributed by atoms with Gasteiger partial charge >= 0.3 is 5.69 Å². The summed E-state index contributed by atoms with van der Waals surface area (Å²) in [5, 5.41) is 10.9. The molecule has 2 heterocycles. The SMILES string of the molecule is CC(Nc1nn(C)c(=O)n(C)c1=O)c1ccsc1. The van der Waals surface area contributed by atoms with Gasteiger partial charge in [-0.1, -0.05) is 0 Å². The molecule has 0 aliphatic rings. The van der Waals surface area contributed by atoms with Crippen molar-refractivity contribution in [1.29, 1.82) is 0 Å². The van der Waals surface area contributed by atoms with Crippen molar-refractivity contribution in [2.45, 2.75) is 13.0 Å². The number of rotatable bonds is 3. The molecule has 6 nitrogen and oxygen atoms in total. The van der Waals surface area contributed by atoms with Crippen molar-refractivity contribution in [2.75, 3.05) is 5.32 Å². The Labute approximate surface area is 108 Å². The molecule has 1 N–H and O–H groups in total. The molecule has 0 amide bonds. The fourth-order valence-corrected chi connectivity index (χ4v) is 2.35. The average molecular weight is 266 g/mol. The number of nitrogens with one attached hydrogen (secondary N) is 1. The predicted octanol–water partition coefficient (Wildman–Crippen LogP) is 0.714. The Bertz CT molecular complexity index is 657. The quantitative estimate of drug-likeness (QED) is 0.888. The minimum Gasteiger partial charge on any atom is -0.357 e. The average Bonchev–Trinajstić information content (AvgIpc) is 2.87. The van der Waals surface area contributed by atoms with E-state index in [1.165, 1.54) is 14.1 Å². The van der Waals surface area contributed by atoms with Crippen LogP contribution >= 0.6 is 11.3 Å². The zero-order valence-corrected chi connectivity index (χ0v) is 11.2. The zero-order chi connectivity index (χ0) is 13.3. The predicted molar refractivity (Wildman–Crippen MR) is 71.1 cm³/mol. The van der Waals surface area contributed by atoms with Gasteiger partial charge in [-0.2, -0.15) is 11.3 Å². The van der Waals surface area contributed by atoms with Crippen molar-refractivity contribution in [2.24, 2.45) is 14.1 Å². The fraction of sp³-hybridized carbons (Fsp3) is 0.364. The van der Waals surface area contributed by atoms with E-state index in [4.69, 9.17) is 0 Å². The van der Waals surface area contributed by atoms with Gasteiger partial charge in [0.05, 0.1) is 6.04 Å². The van der Waals surface area contributed by atoms with Crippen LogP contribution in [0.25, 0.3) is 0 Å². The van der Waals surface area contributed by atoms with Crippen LogP contribution in [0.1, 0.15) is 18.5 Å². The van der Waals surface area contributed by atoms with Crippen LogP contribution < -0.4 is 16.6 Å². The second-order valence-corrected chi connectivity index (χ2v) is 4.82. The third-order valence-corrected chi connectivity index (χ3v) is 3.42. The lowest BCUT2D eigenvalue weighted by Crippen LogP contribution is -2.40. The maximum Gasteiger partial charge on any atom is 0.346 e. The second-order valence-electron chi connectivity index (χ2n) is 4.04. The van der Waals surface area contributed by atoms with Crippen molar-refractivity contribution < 1.29 is 0 Å². The minimum absolute atomic E-state index is 0.0334. The molecule has 0 saturated carbocycles. The molecule has 0 bridgehead atoms. The van der Waals surface area contributed by atoms with Crippen LogP contribution in [-0.4, -0.2) is 14.3 Å². The Morgan fingerprint density at radius 1 is 1.39 bits per heavy atom. The van der Waals surface area contributed by atoms with Crippen molar-refractivity contribution in [1.82, 2.24) is 14.3 Å². The monoisotopic (exact) mass is 266 g/mol. The van der Waals surface area contributed by atoms with E-state index in [1.807, 2.05) is 23.8 Å². The van der Waals surface area contributed by atoms with Gasteiger partial charge < -0.3 is 5.32 Å². The number of nitrogens with zero attached hydrogens (tertiary/aromatic N) is 3. The van der Waals surface area contributed by atoms with E-state index in [0.717, 1.165) is 14.8 Å². The van der Waals surface area contributed by atoms with Crippen LogP contribution in [0.2, 0.25) is 0 Å². The summed E-state index contributed by atoms with van der Waals surface area (Å²) in [5.41, 5.74) is 0.228. The fourth-order valence-electron chi connectivity index (χ4n) is 1.60. The molecule has 7 heteroatoms. The van der Waals surface area contributed by atoms with Crippen molar-refractivity contribution in [3.63, 3.8) is 0 Å². The van der Waals surface area contributed by atoms with E-state index >= 15 is 0 Å². The first-order chi connectivity index (χ1) is 8.50. The summed E-state index contributed by atoms with van der Waals surface area (Å²) in [6, 6.07) is 1.95. The Kier molecular flexibility index (Phi) is 3.33. The molecule has 2 rings (SSSR count). The number of hydrogen-bond acceptors (Lipinski definition) is 5. The zero-order valence-electron chi connectivity index (χ0n) is 10.4. The summed E-state index contributed by atoms with van der Waals surface area (Å²) in [4.78, 5) is 23.4. The molecule has 1 unspecified atom stereocenters. The van der Waals surface area contributed by atoms with Gasteiger partial charge in [0.25, 0.3) is 5.56 Å². The highest BCUT2D eigenvalue weighted by atomic mass is 32.1. The first-order valence-corrected chi connectivity index (χ1v) is 6.38. The highest BCUT2D eigenvalue weighted by Gasteiger charge is 2.12. The van der Waals surface area contributed by atoms with Crippen LogP contribution in [-0.2, 0) is 14.1 Å². The molecule has 18 heavy (non-hydrogen) atoms. The third-order valence-electron chi connectivity index (χ3n) is 2.72. The van der Waals surface area contributed by atoms with Gasteiger partial charge in [-0.25, -0.2) is 9.48 Å². The lowest BCUT2D eigenvalue weighted by Gasteiger charge is -2.13. The van der Waals surface area contributed by atoms with Crippen molar-refractivity contribution >= 4 is 17.2 Å². The maximum atomic E-state index is 11.9. The van der Waals surface area contributed by atoms with Gasteiger partial charge in [0.1, 0.15) is 0 Å². The highest BCUT2D eigenvalue weighted by Crippen LogP contribution is 2.18. The van der Waals surface area contributed by atoms with Crippen LogP contribution in [0, 0.1) is 0 Å². The van der Waals surface area contributed by atoms with Crippen molar-refractivity contribution in [3.8, 4) is 0 Å². The summed E-state index contributed by atoms with van der Waals surface area (Å²) in [5.74, 6) is 0.179. The van der Waals surface area contributed by atoms with Gasteiger partial charge in [0.2, 0.25) is 5.82 Å². The first-order valence-electron chi connectivity index (χ1n) is 5.43. The molecule has 0 aliphatic carbocycles. The molecule has 96 valence electrons.